The van der Waals surface area contributed by atoms with E-state index in [1.165, 1.54) is 0 Å². The summed E-state index contributed by atoms with van der Waals surface area (Å²) in [5, 5.41) is 0.693. The Labute approximate surface area is 114 Å². The molecule has 1 amide bonds. The van der Waals surface area contributed by atoms with Crippen molar-refractivity contribution in [1.82, 2.24) is 4.90 Å². The average Bonchev–Trinajstić information content (AvgIpc) is 2.36. The van der Waals surface area contributed by atoms with E-state index in [-0.39, 0.29) is 17.9 Å². The second-order valence-corrected chi connectivity index (χ2v) is 5.38. The molecule has 0 saturated heterocycles. The number of hydrogen-bond donors (Lipinski definition) is 1. The van der Waals surface area contributed by atoms with E-state index in [0.29, 0.717) is 5.02 Å². The van der Waals surface area contributed by atoms with Crippen molar-refractivity contribution in [2.75, 3.05) is 7.05 Å². The van der Waals surface area contributed by atoms with Crippen LogP contribution >= 0.6 is 11.6 Å². The summed E-state index contributed by atoms with van der Waals surface area (Å²) >= 11 is 5.85. The van der Waals surface area contributed by atoms with Gasteiger partial charge in [0.15, 0.2) is 0 Å². The van der Waals surface area contributed by atoms with Gasteiger partial charge in [-0.2, -0.15) is 0 Å². The number of nitrogens with zero attached hydrogens (tertiary/aromatic N) is 1. The Balaban J connectivity index is 2.80. The van der Waals surface area contributed by atoms with Crippen LogP contribution in [0.2, 0.25) is 5.02 Å². The van der Waals surface area contributed by atoms with Crippen molar-refractivity contribution in [3.63, 3.8) is 0 Å². The van der Waals surface area contributed by atoms with Gasteiger partial charge in [0.1, 0.15) is 0 Å². The van der Waals surface area contributed by atoms with Gasteiger partial charge in [-0.15, -0.1) is 0 Å². The molecule has 0 spiro atoms. The van der Waals surface area contributed by atoms with Crippen LogP contribution in [-0.4, -0.2) is 23.9 Å². The summed E-state index contributed by atoms with van der Waals surface area (Å²) in [4.78, 5) is 13.8. The van der Waals surface area contributed by atoms with Crippen LogP contribution in [0.1, 0.15) is 32.4 Å². The first-order valence-electron chi connectivity index (χ1n) is 6.12. The summed E-state index contributed by atoms with van der Waals surface area (Å²) in [5.41, 5.74) is 6.94. The molecule has 0 radical (unpaired) electrons. The molecule has 1 rings (SSSR count). The highest BCUT2D eigenvalue weighted by atomic mass is 35.5. The smallest absolute Gasteiger partial charge is 0.239 e. The van der Waals surface area contributed by atoms with Crippen molar-refractivity contribution >= 4 is 17.5 Å². The largest absolute Gasteiger partial charge is 0.338 e. The number of carbonyl (C=O) groups is 1. The Bertz CT molecular complexity index is 403. The van der Waals surface area contributed by atoms with E-state index in [4.69, 9.17) is 17.3 Å². The highest BCUT2D eigenvalue weighted by Crippen LogP contribution is 2.21. The number of nitrogens with two attached hydrogens (primary N) is 1. The number of amides is 1. The van der Waals surface area contributed by atoms with E-state index < -0.39 is 6.04 Å². The second-order valence-electron chi connectivity index (χ2n) is 4.95. The fraction of sp³-hybridized carbons (Fsp3) is 0.500. The van der Waals surface area contributed by atoms with Crippen LogP contribution in [0.5, 0.6) is 0 Å². The summed E-state index contributed by atoms with van der Waals surface area (Å²) in [6.45, 7) is 5.88. The predicted molar refractivity (Wildman–Crippen MR) is 75.5 cm³/mol. The number of hydrogen-bond acceptors (Lipinski definition) is 2. The van der Waals surface area contributed by atoms with Gasteiger partial charge >= 0.3 is 0 Å². The molecule has 2 unspecified atom stereocenters. The van der Waals surface area contributed by atoms with E-state index in [1.807, 2.05) is 45.0 Å². The van der Waals surface area contributed by atoms with E-state index in [0.717, 1.165) is 5.56 Å². The maximum atomic E-state index is 12.1. The predicted octanol–water partition coefficient (Wildman–Crippen LogP) is 2.84. The number of benzene rings is 1. The summed E-state index contributed by atoms with van der Waals surface area (Å²) < 4.78 is 0. The third-order valence-electron chi connectivity index (χ3n) is 3.28. The molecule has 0 aliphatic rings. The van der Waals surface area contributed by atoms with Crippen molar-refractivity contribution in [2.45, 2.75) is 32.9 Å². The molecule has 2 N–H and O–H groups in total. The second kappa shape index (κ2) is 6.21. The molecule has 100 valence electrons. The molecule has 1 aromatic rings. The highest BCUT2D eigenvalue weighted by molar-refractivity contribution is 6.30. The Morgan fingerprint density at radius 1 is 1.22 bits per heavy atom. The van der Waals surface area contributed by atoms with Gasteiger partial charge in [0, 0.05) is 12.1 Å². The summed E-state index contributed by atoms with van der Waals surface area (Å²) in [6, 6.07) is 7.04. The Morgan fingerprint density at radius 2 is 1.72 bits per heavy atom. The Kier molecular flexibility index (Phi) is 5.17. The van der Waals surface area contributed by atoms with Crippen LogP contribution in [0.3, 0.4) is 0 Å². The lowest BCUT2D eigenvalue weighted by Crippen LogP contribution is -2.45. The molecule has 0 aromatic heterocycles. The van der Waals surface area contributed by atoms with E-state index in [1.54, 1.807) is 11.9 Å². The van der Waals surface area contributed by atoms with Crippen molar-refractivity contribution in [1.29, 1.82) is 0 Å². The van der Waals surface area contributed by atoms with Gasteiger partial charge in [0.2, 0.25) is 5.91 Å². The molecule has 1 aromatic carbocycles. The van der Waals surface area contributed by atoms with Crippen LogP contribution in [-0.2, 0) is 4.79 Å². The number of likely N-dealkylation sites (N-methyl/N-ethyl adjacent to an activating group) is 1. The topological polar surface area (TPSA) is 46.3 Å². The zero-order valence-electron chi connectivity index (χ0n) is 11.4. The lowest BCUT2D eigenvalue weighted by Gasteiger charge is -2.29. The molecule has 0 heterocycles. The quantitative estimate of drug-likeness (QED) is 0.913. The van der Waals surface area contributed by atoms with Gasteiger partial charge < -0.3 is 10.6 Å². The van der Waals surface area contributed by atoms with E-state index in [2.05, 4.69) is 0 Å². The van der Waals surface area contributed by atoms with Crippen molar-refractivity contribution in [2.24, 2.45) is 11.7 Å². The zero-order chi connectivity index (χ0) is 13.9. The van der Waals surface area contributed by atoms with Gasteiger partial charge in [0.05, 0.1) is 12.1 Å². The highest BCUT2D eigenvalue weighted by Gasteiger charge is 2.24. The maximum absolute atomic E-state index is 12.1. The van der Waals surface area contributed by atoms with Gasteiger partial charge in [0.25, 0.3) is 0 Å². The molecule has 0 fully saturated rings. The van der Waals surface area contributed by atoms with Gasteiger partial charge in [-0.25, -0.2) is 0 Å². The molecule has 0 bridgehead atoms. The maximum Gasteiger partial charge on any atom is 0.239 e. The van der Waals surface area contributed by atoms with Crippen molar-refractivity contribution in [3.05, 3.63) is 34.9 Å². The molecule has 3 nitrogen and oxygen atoms in total. The van der Waals surface area contributed by atoms with E-state index in [9.17, 15) is 4.79 Å². The normalized spacial score (nSPS) is 14.4. The molecule has 4 heteroatoms. The van der Waals surface area contributed by atoms with Crippen LogP contribution in [0.15, 0.2) is 24.3 Å². The van der Waals surface area contributed by atoms with Gasteiger partial charge in [-0.3, -0.25) is 4.79 Å². The number of carbonyl (C=O) groups excluding carboxylic acids is 1. The Hall–Kier alpha value is -1.06. The fourth-order valence-electron chi connectivity index (χ4n) is 1.68. The molecule has 0 aliphatic heterocycles. The molecular weight excluding hydrogens is 248 g/mol. The molecule has 18 heavy (non-hydrogen) atoms. The third-order valence-corrected chi connectivity index (χ3v) is 3.54. The van der Waals surface area contributed by atoms with Crippen LogP contribution in [0.4, 0.5) is 0 Å². The zero-order valence-corrected chi connectivity index (χ0v) is 12.1. The molecule has 2 atom stereocenters. The van der Waals surface area contributed by atoms with Crippen LogP contribution in [0.25, 0.3) is 0 Å². The van der Waals surface area contributed by atoms with Crippen molar-refractivity contribution in [3.8, 4) is 0 Å². The fourth-order valence-corrected chi connectivity index (χ4v) is 1.80. The van der Waals surface area contributed by atoms with Crippen molar-refractivity contribution < 1.29 is 4.79 Å². The molecular formula is C14H21ClN2O. The van der Waals surface area contributed by atoms with Gasteiger partial charge in [-0.1, -0.05) is 37.6 Å². The van der Waals surface area contributed by atoms with Crippen LogP contribution in [0, 0.1) is 5.92 Å². The lowest BCUT2D eigenvalue weighted by molar-refractivity contribution is -0.134. The standard InChI is InChI=1S/C14H21ClN2O/c1-9(2)13(16)14(18)17(4)10(3)11-5-7-12(15)8-6-11/h5-10,13H,16H2,1-4H3. The average molecular weight is 269 g/mol. The number of halogens is 1. The summed E-state index contributed by atoms with van der Waals surface area (Å²) in [5.74, 6) is 0.102. The van der Waals surface area contributed by atoms with E-state index >= 15 is 0 Å². The minimum absolute atomic E-state index is 0.0143. The minimum Gasteiger partial charge on any atom is -0.338 e. The third kappa shape index (κ3) is 3.47. The van der Waals surface area contributed by atoms with Crippen LogP contribution < -0.4 is 5.73 Å². The number of rotatable bonds is 4. The summed E-state index contributed by atoms with van der Waals surface area (Å²) in [7, 11) is 1.78. The first-order valence-corrected chi connectivity index (χ1v) is 6.50. The molecule has 0 aliphatic carbocycles. The van der Waals surface area contributed by atoms with Gasteiger partial charge in [-0.05, 0) is 30.5 Å². The lowest BCUT2D eigenvalue weighted by atomic mass is 10.0. The Morgan fingerprint density at radius 3 is 2.17 bits per heavy atom. The minimum atomic E-state index is -0.454. The molecule has 0 saturated carbocycles. The SMILES string of the molecule is CC(C)C(N)C(=O)N(C)C(C)c1ccc(Cl)cc1. The monoisotopic (exact) mass is 268 g/mol. The first kappa shape index (κ1) is 15.0. The first-order chi connectivity index (χ1) is 8.34. The summed E-state index contributed by atoms with van der Waals surface area (Å²) in [6.07, 6.45) is 0.